The van der Waals surface area contributed by atoms with Crippen LogP contribution in [0.1, 0.15) is 29.5 Å². The van der Waals surface area contributed by atoms with Crippen LogP contribution >= 0.6 is 0 Å². The number of hydrogen-bond acceptors (Lipinski definition) is 2. The highest BCUT2D eigenvalue weighted by atomic mass is 19.4. The zero-order valence-corrected chi connectivity index (χ0v) is 12.8. The maximum atomic E-state index is 13.3. The molecule has 3 nitrogen and oxygen atoms in total. The molecule has 0 aromatic heterocycles. The second kappa shape index (κ2) is 5.88. The van der Waals surface area contributed by atoms with Crippen LogP contribution in [0.25, 0.3) is 0 Å². The van der Waals surface area contributed by atoms with E-state index >= 15 is 0 Å². The molecular weight excluding hydrogens is 336 g/mol. The Morgan fingerprint density at radius 2 is 1.88 bits per heavy atom. The molecule has 0 radical (unpaired) electrons. The summed E-state index contributed by atoms with van der Waals surface area (Å²) >= 11 is 0. The minimum absolute atomic E-state index is 0.221. The number of benzene rings is 2. The molecule has 128 valence electrons. The number of alkyl halides is 3. The van der Waals surface area contributed by atoms with Crippen molar-refractivity contribution in [2.75, 3.05) is 5.32 Å². The Labute approximate surface area is 140 Å². The Kier molecular flexibility index (Phi) is 3.99. The number of nitriles is 1. The van der Waals surface area contributed by atoms with Crippen molar-refractivity contribution in [1.29, 1.82) is 5.26 Å². The van der Waals surface area contributed by atoms with Crippen molar-refractivity contribution in [3.8, 4) is 6.07 Å². The van der Waals surface area contributed by atoms with E-state index < -0.39 is 28.9 Å². The number of anilines is 1. The van der Waals surface area contributed by atoms with Crippen LogP contribution in [0.4, 0.5) is 23.2 Å². The third-order valence-corrected chi connectivity index (χ3v) is 4.27. The zero-order chi connectivity index (χ0) is 18.2. The van der Waals surface area contributed by atoms with Gasteiger partial charge in [-0.3, -0.25) is 4.79 Å². The van der Waals surface area contributed by atoms with Crippen LogP contribution in [0.5, 0.6) is 0 Å². The molecule has 25 heavy (non-hydrogen) atoms. The third-order valence-electron chi connectivity index (χ3n) is 4.27. The highest BCUT2D eigenvalue weighted by Gasteiger charge is 2.51. The normalized spacial score (nSPS) is 15.3. The van der Waals surface area contributed by atoms with Gasteiger partial charge in [-0.15, -0.1) is 0 Å². The number of hydrogen-bond donors (Lipinski definition) is 1. The summed E-state index contributed by atoms with van der Waals surface area (Å²) in [6.07, 6.45) is -3.64. The topological polar surface area (TPSA) is 52.9 Å². The summed E-state index contributed by atoms with van der Waals surface area (Å²) in [7, 11) is 0. The molecule has 0 unspecified atom stereocenters. The summed E-state index contributed by atoms with van der Waals surface area (Å²) in [5.74, 6) is -1.18. The van der Waals surface area contributed by atoms with Crippen LogP contribution in [-0.4, -0.2) is 5.91 Å². The number of amides is 1. The fourth-order valence-electron chi connectivity index (χ4n) is 2.70. The summed E-state index contributed by atoms with van der Waals surface area (Å²) in [6, 6.07) is 9.92. The molecule has 7 heteroatoms. The number of nitrogens with one attached hydrogen (secondary N) is 1. The second-order valence-corrected chi connectivity index (χ2v) is 5.92. The van der Waals surface area contributed by atoms with Gasteiger partial charge >= 0.3 is 6.18 Å². The van der Waals surface area contributed by atoms with E-state index in [1.165, 1.54) is 24.3 Å². The van der Waals surface area contributed by atoms with Crippen LogP contribution in [0.15, 0.2) is 42.5 Å². The van der Waals surface area contributed by atoms with E-state index in [-0.39, 0.29) is 11.3 Å². The summed E-state index contributed by atoms with van der Waals surface area (Å²) in [4.78, 5) is 12.6. The predicted octanol–water partition coefficient (Wildman–Crippen LogP) is 4.39. The van der Waals surface area contributed by atoms with Crippen molar-refractivity contribution in [2.24, 2.45) is 0 Å². The average molecular weight is 348 g/mol. The molecule has 0 bridgehead atoms. The van der Waals surface area contributed by atoms with Gasteiger partial charge in [-0.25, -0.2) is 4.39 Å². The Hall–Kier alpha value is -2.88. The Morgan fingerprint density at radius 1 is 1.16 bits per heavy atom. The van der Waals surface area contributed by atoms with Gasteiger partial charge in [0.2, 0.25) is 5.91 Å². The molecule has 1 fully saturated rings. The minimum atomic E-state index is -4.48. The quantitative estimate of drug-likeness (QED) is 0.837. The molecule has 1 aliphatic rings. The van der Waals surface area contributed by atoms with Crippen LogP contribution in [-0.2, 0) is 16.4 Å². The third kappa shape index (κ3) is 3.20. The molecule has 2 aromatic rings. The highest BCUT2D eigenvalue weighted by molar-refractivity contribution is 6.01. The van der Waals surface area contributed by atoms with Crippen LogP contribution < -0.4 is 5.32 Å². The molecule has 0 atom stereocenters. The van der Waals surface area contributed by atoms with Gasteiger partial charge in [0.05, 0.1) is 16.5 Å². The fraction of sp³-hybridized carbons (Fsp3) is 0.222. The van der Waals surface area contributed by atoms with E-state index in [0.717, 1.165) is 18.2 Å². The van der Waals surface area contributed by atoms with Crippen LogP contribution in [0.2, 0.25) is 0 Å². The zero-order valence-electron chi connectivity index (χ0n) is 12.8. The summed E-state index contributed by atoms with van der Waals surface area (Å²) in [6.45, 7) is 0. The van der Waals surface area contributed by atoms with E-state index in [1.807, 2.05) is 0 Å². The molecule has 1 aliphatic carbocycles. The Balaban J connectivity index is 1.86. The first-order valence-corrected chi connectivity index (χ1v) is 7.45. The molecular formula is C18H12F4N2O. The maximum absolute atomic E-state index is 13.3. The lowest BCUT2D eigenvalue weighted by Crippen LogP contribution is -2.28. The van der Waals surface area contributed by atoms with Gasteiger partial charge in [-0.2, -0.15) is 18.4 Å². The lowest BCUT2D eigenvalue weighted by atomic mass is 9.93. The molecule has 1 saturated carbocycles. The van der Waals surface area contributed by atoms with E-state index in [4.69, 9.17) is 5.26 Å². The SMILES string of the molecule is N#Cc1cc(NC(=O)C2(c3cccc(C(F)(F)F)c3)CC2)ccc1F. The molecule has 0 saturated heterocycles. The first-order chi connectivity index (χ1) is 11.8. The maximum Gasteiger partial charge on any atom is 0.416 e. The number of carbonyl (C=O) groups is 1. The van der Waals surface area contributed by atoms with Crippen molar-refractivity contribution in [3.05, 3.63) is 65.0 Å². The summed E-state index contributed by atoms with van der Waals surface area (Å²) in [5, 5.41) is 11.4. The van der Waals surface area contributed by atoms with Gasteiger partial charge in [-0.05, 0) is 42.7 Å². The lowest BCUT2D eigenvalue weighted by Gasteiger charge is -2.17. The Morgan fingerprint density at radius 3 is 2.48 bits per heavy atom. The van der Waals surface area contributed by atoms with Crippen molar-refractivity contribution in [2.45, 2.75) is 24.4 Å². The molecule has 0 heterocycles. The number of carbonyl (C=O) groups excluding carboxylic acids is 1. The predicted molar refractivity (Wildman–Crippen MR) is 82.1 cm³/mol. The second-order valence-electron chi connectivity index (χ2n) is 5.92. The van der Waals surface area contributed by atoms with Gasteiger partial charge in [0.25, 0.3) is 0 Å². The van der Waals surface area contributed by atoms with E-state index in [9.17, 15) is 22.4 Å². The van der Waals surface area contributed by atoms with Gasteiger partial charge in [0.15, 0.2) is 0 Å². The first kappa shape index (κ1) is 17.0. The van der Waals surface area contributed by atoms with E-state index in [0.29, 0.717) is 18.4 Å². The highest BCUT2D eigenvalue weighted by Crippen LogP contribution is 2.50. The van der Waals surface area contributed by atoms with Crippen molar-refractivity contribution >= 4 is 11.6 Å². The summed E-state index contributed by atoms with van der Waals surface area (Å²) in [5.41, 5.74) is -1.54. The van der Waals surface area contributed by atoms with Crippen molar-refractivity contribution in [1.82, 2.24) is 0 Å². The minimum Gasteiger partial charge on any atom is -0.325 e. The monoisotopic (exact) mass is 348 g/mol. The average Bonchev–Trinajstić information content (AvgIpc) is 3.38. The van der Waals surface area contributed by atoms with Crippen molar-refractivity contribution in [3.63, 3.8) is 0 Å². The first-order valence-electron chi connectivity index (χ1n) is 7.45. The van der Waals surface area contributed by atoms with Gasteiger partial charge in [0.1, 0.15) is 11.9 Å². The van der Waals surface area contributed by atoms with Crippen LogP contribution in [0.3, 0.4) is 0 Å². The standard InChI is InChI=1S/C18H12F4N2O/c19-15-5-4-14(8-11(15)10-23)24-16(25)17(6-7-17)12-2-1-3-13(9-12)18(20,21)22/h1-5,8-9H,6-7H2,(H,24,25). The van der Waals surface area contributed by atoms with Gasteiger partial charge < -0.3 is 5.32 Å². The number of halogens is 4. The molecule has 0 spiro atoms. The fourth-order valence-corrected chi connectivity index (χ4v) is 2.70. The molecule has 3 rings (SSSR count). The van der Waals surface area contributed by atoms with Gasteiger partial charge in [-0.1, -0.05) is 18.2 Å². The number of nitrogens with zero attached hydrogens (tertiary/aromatic N) is 1. The van der Waals surface area contributed by atoms with Crippen LogP contribution in [0, 0.1) is 17.1 Å². The van der Waals surface area contributed by atoms with E-state index in [2.05, 4.69) is 5.32 Å². The molecule has 1 N–H and O–H groups in total. The van der Waals surface area contributed by atoms with Gasteiger partial charge in [0, 0.05) is 5.69 Å². The lowest BCUT2D eigenvalue weighted by molar-refractivity contribution is -0.137. The molecule has 2 aromatic carbocycles. The molecule has 0 aliphatic heterocycles. The largest absolute Gasteiger partial charge is 0.416 e. The molecule has 1 amide bonds. The van der Waals surface area contributed by atoms with Crippen molar-refractivity contribution < 1.29 is 22.4 Å². The smallest absolute Gasteiger partial charge is 0.325 e. The number of rotatable bonds is 3. The summed E-state index contributed by atoms with van der Waals surface area (Å²) < 4.78 is 52.0. The Bertz CT molecular complexity index is 879. The van der Waals surface area contributed by atoms with E-state index in [1.54, 1.807) is 6.07 Å².